The third kappa shape index (κ3) is 8.83. The monoisotopic (exact) mass is 179 g/mol. The maximum atomic E-state index is 9.94. The molecule has 0 fully saturated rings. The molecule has 0 saturated carbocycles. The van der Waals surface area contributed by atoms with Gasteiger partial charge in [-0.2, -0.15) is 8.42 Å². The summed E-state index contributed by atoms with van der Waals surface area (Å²) in [5.41, 5.74) is 4.85. The van der Waals surface area contributed by atoms with Crippen LogP contribution in [0.5, 0.6) is 0 Å². The van der Waals surface area contributed by atoms with Gasteiger partial charge in [-0.05, 0) is 0 Å². The van der Waals surface area contributed by atoms with Crippen LogP contribution in [0.4, 0.5) is 0 Å². The summed E-state index contributed by atoms with van der Waals surface area (Å²) >= 11 is 0. The predicted molar refractivity (Wildman–Crippen MR) is 32.6 cm³/mol. The smallest absolute Gasteiger partial charge is 1.00 e. The largest absolute Gasteiger partial charge is 1.00 e. The maximum Gasteiger partial charge on any atom is 1.00 e. The molecule has 0 saturated heterocycles. The standard InChI is InChI=1S/C3H9NO4S.Na.H/c4-1-3(5)2-9(6,7)8;;/h3,5H,1-2,4H2,(H,6,7,8);;/q;+1;-1. The van der Waals surface area contributed by atoms with E-state index < -0.39 is 22.0 Å². The molecule has 58 valence electrons. The first-order valence-corrected chi connectivity index (χ1v) is 3.90. The summed E-state index contributed by atoms with van der Waals surface area (Å²) in [5.74, 6) is -0.691. The van der Waals surface area contributed by atoms with Gasteiger partial charge < -0.3 is 12.3 Å². The fourth-order valence-electron chi connectivity index (χ4n) is 0.311. The first-order chi connectivity index (χ1) is 3.95. The quantitative estimate of drug-likeness (QED) is 0.298. The van der Waals surface area contributed by atoms with E-state index in [1.54, 1.807) is 0 Å². The van der Waals surface area contributed by atoms with Gasteiger partial charge in [-0.1, -0.05) is 0 Å². The molecule has 0 aromatic heterocycles. The van der Waals surface area contributed by atoms with Crippen LogP contribution in [0.1, 0.15) is 1.43 Å². The molecule has 1 unspecified atom stereocenters. The molecule has 4 N–H and O–H groups in total. The van der Waals surface area contributed by atoms with Crippen LogP contribution in [0.3, 0.4) is 0 Å². The number of nitrogens with two attached hydrogens (primary N) is 1. The van der Waals surface area contributed by atoms with E-state index in [1.807, 2.05) is 0 Å². The van der Waals surface area contributed by atoms with E-state index in [4.69, 9.17) is 15.4 Å². The first kappa shape index (κ1) is 13.4. The summed E-state index contributed by atoms with van der Waals surface area (Å²) in [5, 5.41) is 8.53. The van der Waals surface area contributed by atoms with Crippen molar-refractivity contribution in [2.24, 2.45) is 5.73 Å². The van der Waals surface area contributed by atoms with E-state index in [-0.39, 0.29) is 37.5 Å². The van der Waals surface area contributed by atoms with Crippen molar-refractivity contribution in [2.45, 2.75) is 6.10 Å². The van der Waals surface area contributed by atoms with Gasteiger partial charge in [0.1, 0.15) is 5.75 Å². The van der Waals surface area contributed by atoms with Gasteiger partial charge in [0.25, 0.3) is 10.1 Å². The van der Waals surface area contributed by atoms with Gasteiger partial charge in [0.15, 0.2) is 0 Å². The molecule has 7 heteroatoms. The molecule has 5 nitrogen and oxygen atoms in total. The van der Waals surface area contributed by atoms with Crippen molar-refractivity contribution in [3.8, 4) is 0 Å². The van der Waals surface area contributed by atoms with Gasteiger partial charge in [0.05, 0.1) is 6.10 Å². The van der Waals surface area contributed by atoms with Crippen LogP contribution in [-0.4, -0.2) is 36.5 Å². The number of aliphatic hydroxyl groups is 1. The second-order valence-corrected chi connectivity index (χ2v) is 3.14. The van der Waals surface area contributed by atoms with Gasteiger partial charge in [0.2, 0.25) is 0 Å². The molecule has 0 aromatic rings. The Morgan fingerprint density at radius 3 is 2.10 bits per heavy atom. The minimum absolute atomic E-state index is 0. The fraction of sp³-hybridized carbons (Fsp3) is 1.00. The van der Waals surface area contributed by atoms with Gasteiger partial charge >= 0.3 is 29.6 Å². The molecule has 0 aromatic carbocycles. The molecule has 1 atom stereocenters. The van der Waals surface area contributed by atoms with Crippen molar-refractivity contribution in [1.29, 1.82) is 0 Å². The van der Waals surface area contributed by atoms with Crippen LogP contribution in [0.15, 0.2) is 0 Å². The molecular weight excluding hydrogens is 169 g/mol. The fourth-order valence-corrected chi connectivity index (χ4v) is 0.933. The van der Waals surface area contributed by atoms with E-state index in [2.05, 4.69) is 0 Å². The molecular formula is C3H10NNaO4S. The van der Waals surface area contributed by atoms with E-state index in [0.717, 1.165) is 0 Å². The Hall–Kier alpha value is 0.830. The van der Waals surface area contributed by atoms with Gasteiger partial charge in [-0.15, -0.1) is 0 Å². The van der Waals surface area contributed by atoms with Gasteiger partial charge in [0, 0.05) is 6.54 Å². The number of hydrogen-bond acceptors (Lipinski definition) is 4. The predicted octanol–water partition coefficient (Wildman–Crippen LogP) is -4.69. The second-order valence-electron chi connectivity index (χ2n) is 1.64. The Morgan fingerprint density at radius 1 is 1.60 bits per heavy atom. The van der Waals surface area contributed by atoms with Crippen molar-refractivity contribution in [3.05, 3.63) is 0 Å². The van der Waals surface area contributed by atoms with Crippen molar-refractivity contribution in [1.82, 2.24) is 0 Å². The van der Waals surface area contributed by atoms with E-state index in [0.29, 0.717) is 0 Å². The van der Waals surface area contributed by atoms with E-state index >= 15 is 0 Å². The summed E-state index contributed by atoms with van der Waals surface area (Å²) in [6, 6.07) is 0. The number of rotatable bonds is 3. The summed E-state index contributed by atoms with van der Waals surface area (Å²) < 4.78 is 28.0. The summed E-state index contributed by atoms with van der Waals surface area (Å²) in [6.07, 6.45) is -1.17. The zero-order valence-electron chi connectivity index (χ0n) is 6.69. The van der Waals surface area contributed by atoms with Crippen LogP contribution < -0.4 is 35.3 Å². The van der Waals surface area contributed by atoms with Crippen molar-refractivity contribution < 1.29 is 49.1 Å². The van der Waals surface area contributed by atoms with Crippen LogP contribution >= 0.6 is 0 Å². The Labute approximate surface area is 83.1 Å². The minimum Gasteiger partial charge on any atom is -1.00 e. The zero-order valence-corrected chi connectivity index (χ0v) is 8.50. The van der Waals surface area contributed by atoms with Gasteiger partial charge in [-0.3, -0.25) is 4.55 Å². The molecule has 0 heterocycles. The Balaban J connectivity index is -0.000000320. The maximum absolute atomic E-state index is 9.94. The Kier molecular flexibility index (Phi) is 7.35. The molecule has 0 aliphatic rings. The Bertz CT molecular complexity index is 172. The van der Waals surface area contributed by atoms with E-state index in [1.165, 1.54) is 0 Å². The first-order valence-electron chi connectivity index (χ1n) is 2.29. The topological polar surface area (TPSA) is 101 Å². The Morgan fingerprint density at radius 2 is 2.00 bits per heavy atom. The normalized spacial score (nSPS) is 13.9. The molecule has 0 aliphatic heterocycles. The summed E-state index contributed by atoms with van der Waals surface area (Å²) in [7, 11) is -4.07. The molecule has 0 radical (unpaired) electrons. The average molecular weight is 179 g/mol. The van der Waals surface area contributed by atoms with Gasteiger partial charge in [-0.25, -0.2) is 0 Å². The van der Waals surface area contributed by atoms with Crippen molar-refractivity contribution >= 4 is 10.1 Å². The van der Waals surface area contributed by atoms with Crippen molar-refractivity contribution in [3.63, 3.8) is 0 Å². The van der Waals surface area contributed by atoms with Crippen LogP contribution in [-0.2, 0) is 10.1 Å². The average Bonchev–Trinajstić information content (AvgIpc) is 1.62. The molecule has 10 heavy (non-hydrogen) atoms. The third-order valence-electron chi connectivity index (χ3n) is 0.675. The molecule has 0 rings (SSSR count). The van der Waals surface area contributed by atoms with Crippen LogP contribution in [0.25, 0.3) is 0 Å². The minimum atomic E-state index is -4.07. The molecule has 0 amide bonds. The summed E-state index contributed by atoms with van der Waals surface area (Å²) in [4.78, 5) is 0. The second kappa shape index (κ2) is 5.48. The molecule has 0 bridgehead atoms. The summed E-state index contributed by atoms with van der Waals surface area (Å²) in [6.45, 7) is -0.167. The third-order valence-corrected chi connectivity index (χ3v) is 1.48. The van der Waals surface area contributed by atoms with E-state index in [9.17, 15) is 8.42 Å². The zero-order chi connectivity index (χ0) is 7.49. The number of aliphatic hydroxyl groups excluding tert-OH is 1. The van der Waals surface area contributed by atoms with Crippen LogP contribution in [0, 0.1) is 0 Å². The molecule has 0 aliphatic carbocycles. The van der Waals surface area contributed by atoms with Crippen LogP contribution in [0.2, 0.25) is 0 Å². The molecule has 0 spiro atoms. The van der Waals surface area contributed by atoms with Crippen molar-refractivity contribution in [2.75, 3.05) is 12.3 Å². The number of hydrogen-bond donors (Lipinski definition) is 3. The SMILES string of the molecule is NCC(O)CS(=O)(=O)O.[H-].[Na+].